The zero-order valence-corrected chi connectivity index (χ0v) is 10.1. The third kappa shape index (κ3) is 1.98. The van der Waals surface area contributed by atoms with Gasteiger partial charge in [0.1, 0.15) is 5.76 Å². The number of rotatable bonds is 2. The number of hydroxylamine groups is 1. The quantitative estimate of drug-likeness (QED) is 0.485. The molecule has 3 rings (SSSR count). The lowest BCUT2D eigenvalue weighted by Gasteiger charge is -1.97. The monoisotopic (exact) mass is 257 g/mol. The van der Waals surface area contributed by atoms with Crippen LogP contribution in [0.25, 0.3) is 22.6 Å². The fourth-order valence-electron chi connectivity index (χ4n) is 1.89. The van der Waals surface area contributed by atoms with Gasteiger partial charge in [-0.1, -0.05) is 0 Å². The van der Waals surface area contributed by atoms with E-state index >= 15 is 0 Å². The number of hydrogen-bond acceptors (Lipinski definition) is 4. The van der Waals surface area contributed by atoms with Crippen LogP contribution in [0.15, 0.2) is 34.7 Å². The average molecular weight is 257 g/mol. The number of aromatic amines is 1. The highest BCUT2D eigenvalue weighted by Gasteiger charge is 2.11. The number of imidazole rings is 1. The Balaban J connectivity index is 2.08. The second kappa shape index (κ2) is 4.25. The Bertz CT molecular complexity index is 757. The van der Waals surface area contributed by atoms with Crippen LogP contribution in [0.5, 0.6) is 0 Å². The SMILES string of the molecule is Cc1ccc(-c2nc3ccc(C(=O)NO)cc3[nH]2)o1. The van der Waals surface area contributed by atoms with E-state index in [1.807, 2.05) is 19.1 Å². The lowest BCUT2D eigenvalue weighted by molar-refractivity contribution is 0.0706. The number of aromatic nitrogens is 2. The zero-order chi connectivity index (χ0) is 13.4. The number of fused-ring (bicyclic) bond motifs is 1. The zero-order valence-electron chi connectivity index (χ0n) is 10.1. The van der Waals surface area contributed by atoms with E-state index in [2.05, 4.69) is 9.97 Å². The number of amides is 1. The topological polar surface area (TPSA) is 91.1 Å². The second-order valence-corrected chi connectivity index (χ2v) is 4.17. The fraction of sp³-hybridized carbons (Fsp3) is 0.0769. The Morgan fingerprint density at radius 1 is 1.37 bits per heavy atom. The average Bonchev–Trinajstić information content (AvgIpc) is 3.02. The molecule has 0 atom stereocenters. The fourth-order valence-corrected chi connectivity index (χ4v) is 1.89. The molecule has 1 aromatic carbocycles. The van der Waals surface area contributed by atoms with Crippen molar-refractivity contribution < 1.29 is 14.4 Å². The van der Waals surface area contributed by atoms with E-state index in [0.717, 1.165) is 11.3 Å². The van der Waals surface area contributed by atoms with Gasteiger partial charge in [0.05, 0.1) is 11.0 Å². The molecule has 6 nitrogen and oxygen atoms in total. The highest BCUT2D eigenvalue weighted by Crippen LogP contribution is 2.22. The number of hydrogen-bond donors (Lipinski definition) is 3. The third-order valence-corrected chi connectivity index (χ3v) is 2.82. The van der Waals surface area contributed by atoms with Crippen molar-refractivity contribution in [2.75, 3.05) is 0 Å². The molecular formula is C13H11N3O3. The van der Waals surface area contributed by atoms with Crippen LogP contribution < -0.4 is 5.48 Å². The second-order valence-electron chi connectivity index (χ2n) is 4.17. The molecule has 6 heteroatoms. The van der Waals surface area contributed by atoms with Crippen LogP contribution in [0.3, 0.4) is 0 Å². The van der Waals surface area contributed by atoms with E-state index in [9.17, 15) is 4.79 Å². The normalized spacial score (nSPS) is 10.8. The van der Waals surface area contributed by atoms with Crippen molar-refractivity contribution in [3.63, 3.8) is 0 Å². The molecule has 0 aliphatic heterocycles. The molecule has 3 N–H and O–H groups in total. The first kappa shape index (κ1) is 11.5. The van der Waals surface area contributed by atoms with E-state index in [0.29, 0.717) is 22.7 Å². The van der Waals surface area contributed by atoms with E-state index in [1.165, 1.54) is 0 Å². The van der Waals surface area contributed by atoms with Crippen LogP contribution in [0, 0.1) is 6.92 Å². The molecule has 0 saturated carbocycles. The third-order valence-electron chi connectivity index (χ3n) is 2.82. The van der Waals surface area contributed by atoms with Gasteiger partial charge in [-0.05, 0) is 37.3 Å². The molecule has 96 valence electrons. The van der Waals surface area contributed by atoms with Crippen molar-refractivity contribution in [2.24, 2.45) is 0 Å². The number of benzene rings is 1. The Hall–Kier alpha value is -2.60. The van der Waals surface area contributed by atoms with Crippen molar-refractivity contribution in [1.29, 1.82) is 0 Å². The summed E-state index contributed by atoms with van der Waals surface area (Å²) >= 11 is 0. The number of furan rings is 1. The number of nitrogens with one attached hydrogen (secondary N) is 2. The molecule has 0 spiro atoms. The van der Waals surface area contributed by atoms with Crippen molar-refractivity contribution in [1.82, 2.24) is 15.4 Å². The predicted molar refractivity (Wildman–Crippen MR) is 67.8 cm³/mol. The van der Waals surface area contributed by atoms with Gasteiger partial charge in [0.2, 0.25) is 0 Å². The van der Waals surface area contributed by atoms with Crippen LogP contribution in [-0.4, -0.2) is 21.1 Å². The van der Waals surface area contributed by atoms with Gasteiger partial charge < -0.3 is 9.40 Å². The van der Waals surface area contributed by atoms with Gasteiger partial charge in [0.25, 0.3) is 5.91 Å². The molecule has 1 amide bonds. The summed E-state index contributed by atoms with van der Waals surface area (Å²) in [5, 5.41) is 8.61. The van der Waals surface area contributed by atoms with Gasteiger partial charge in [-0.15, -0.1) is 0 Å². The minimum Gasteiger partial charge on any atom is -0.458 e. The first-order valence-electron chi connectivity index (χ1n) is 5.68. The maximum Gasteiger partial charge on any atom is 0.274 e. The largest absolute Gasteiger partial charge is 0.458 e. The molecule has 0 fully saturated rings. The summed E-state index contributed by atoms with van der Waals surface area (Å²) in [5.41, 5.74) is 3.36. The number of carbonyl (C=O) groups is 1. The van der Waals surface area contributed by atoms with Crippen LogP contribution in [-0.2, 0) is 0 Å². The molecule has 0 saturated heterocycles. The Morgan fingerprint density at radius 3 is 2.89 bits per heavy atom. The van der Waals surface area contributed by atoms with Crippen LogP contribution in [0.2, 0.25) is 0 Å². The van der Waals surface area contributed by atoms with E-state index in [-0.39, 0.29) is 0 Å². The van der Waals surface area contributed by atoms with Gasteiger partial charge in [-0.25, -0.2) is 10.5 Å². The minimum absolute atomic E-state index is 0.348. The summed E-state index contributed by atoms with van der Waals surface area (Å²) in [6.45, 7) is 1.86. The summed E-state index contributed by atoms with van der Waals surface area (Å²) in [5.74, 6) is 1.48. The maximum absolute atomic E-state index is 11.3. The van der Waals surface area contributed by atoms with Crippen molar-refractivity contribution in [3.8, 4) is 11.6 Å². The summed E-state index contributed by atoms with van der Waals surface area (Å²) in [6, 6.07) is 8.59. The molecule has 3 aromatic rings. The predicted octanol–water partition coefficient (Wildman–Crippen LogP) is 2.25. The molecule has 2 heterocycles. The Kier molecular flexibility index (Phi) is 2.57. The van der Waals surface area contributed by atoms with Crippen molar-refractivity contribution >= 4 is 16.9 Å². The molecule has 0 bridgehead atoms. The highest BCUT2D eigenvalue weighted by molar-refractivity contribution is 5.96. The lowest BCUT2D eigenvalue weighted by Crippen LogP contribution is -2.18. The molecule has 0 radical (unpaired) electrons. The summed E-state index contributed by atoms with van der Waals surface area (Å²) in [4.78, 5) is 18.8. The Labute approximate surface area is 108 Å². The summed E-state index contributed by atoms with van der Waals surface area (Å²) in [6.07, 6.45) is 0. The number of aryl methyl sites for hydroxylation is 1. The van der Waals surface area contributed by atoms with Crippen molar-refractivity contribution in [2.45, 2.75) is 6.92 Å². The summed E-state index contributed by atoms with van der Waals surface area (Å²) < 4.78 is 5.48. The maximum atomic E-state index is 11.3. The van der Waals surface area contributed by atoms with E-state index < -0.39 is 5.91 Å². The van der Waals surface area contributed by atoms with Crippen LogP contribution in [0.1, 0.15) is 16.1 Å². The smallest absolute Gasteiger partial charge is 0.274 e. The molecule has 0 unspecified atom stereocenters. The van der Waals surface area contributed by atoms with Gasteiger partial charge in [0.15, 0.2) is 11.6 Å². The molecule has 2 aromatic heterocycles. The molecule has 0 aliphatic rings. The number of carbonyl (C=O) groups excluding carboxylic acids is 1. The number of H-pyrrole nitrogens is 1. The lowest BCUT2D eigenvalue weighted by atomic mass is 10.2. The summed E-state index contributed by atoms with van der Waals surface area (Å²) in [7, 11) is 0. The first-order valence-corrected chi connectivity index (χ1v) is 5.68. The van der Waals surface area contributed by atoms with Gasteiger partial charge in [0, 0.05) is 5.56 Å². The molecule has 19 heavy (non-hydrogen) atoms. The van der Waals surface area contributed by atoms with Gasteiger partial charge in [-0.2, -0.15) is 0 Å². The first-order chi connectivity index (χ1) is 9.17. The van der Waals surface area contributed by atoms with Gasteiger partial charge >= 0.3 is 0 Å². The van der Waals surface area contributed by atoms with Crippen LogP contribution >= 0.6 is 0 Å². The van der Waals surface area contributed by atoms with E-state index in [1.54, 1.807) is 23.7 Å². The standard InChI is InChI=1S/C13H11N3O3/c1-7-2-5-11(19-7)12-14-9-4-3-8(13(17)16-18)6-10(9)15-12/h2-6,18H,1H3,(H,14,15)(H,16,17). The Morgan fingerprint density at radius 2 is 2.21 bits per heavy atom. The number of nitrogens with zero attached hydrogens (tertiary/aromatic N) is 1. The molecular weight excluding hydrogens is 246 g/mol. The van der Waals surface area contributed by atoms with E-state index in [4.69, 9.17) is 9.62 Å². The van der Waals surface area contributed by atoms with Crippen molar-refractivity contribution in [3.05, 3.63) is 41.7 Å². The highest BCUT2D eigenvalue weighted by atomic mass is 16.5. The van der Waals surface area contributed by atoms with Crippen LogP contribution in [0.4, 0.5) is 0 Å². The minimum atomic E-state index is -0.563. The molecule has 0 aliphatic carbocycles. The van der Waals surface area contributed by atoms with Gasteiger partial charge in [-0.3, -0.25) is 10.0 Å².